The van der Waals surface area contributed by atoms with E-state index in [0.29, 0.717) is 5.82 Å². The van der Waals surface area contributed by atoms with E-state index in [9.17, 15) is 0 Å². The summed E-state index contributed by atoms with van der Waals surface area (Å²) in [6.45, 7) is 6.37. The van der Waals surface area contributed by atoms with E-state index in [2.05, 4.69) is 34.1 Å². The van der Waals surface area contributed by atoms with E-state index in [1.54, 1.807) is 0 Å². The van der Waals surface area contributed by atoms with Gasteiger partial charge in [0.1, 0.15) is 11.6 Å². The predicted octanol–water partition coefficient (Wildman–Crippen LogP) is 0.676. The van der Waals surface area contributed by atoms with Gasteiger partial charge in [-0.05, 0) is 13.8 Å². The lowest BCUT2D eigenvalue weighted by atomic mass is 10.2. The number of nitrogen functional groups attached to an aromatic ring is 2. The van der Waals surface area contributed by atoms with Crippen LogP contribution in [0.3, 0.4) is 0 Å². The molecule has 1 fully saturated rings. The highest BCUT2D eigenvalue weighted by atomic mass is 32.2. The van der Waals surface area contributed by atoms with Crippen LogP contribution in [0.15, 0.2) is 6.07 Å². The van der Waals surface area contributed by atoms with Gasteiger partial charge in [0.05, 0.1) is 0 Å². The summed E-state index contributed by atoms with van der Waals surface area (Å²) in [6, 6.07) is 1.82. The first-order valence-electron chi connectivity index (χ1n) is 5.50. The molecule has 0 aliphatic carbocycles. The van der Waals surface area contributed by atoms with Crippen LogP contribution in [0.5, 0.6) is 0 Å². The molecular weight excluding hydrogens is 236 g/mol. The van der Waals surface area contributed by atoms with E-state index >= 15 is 0 Å². The summed E-state index contributed by atoms with van der Waals surface area (Å²) < 4.78 is 0.230. The normalized spacial score (nSPS) is 19.1. The number of nitrogens with one attached hydrogen (secondary N) is 1. The molecule has 1 aliphatic heterocycles. The van der Waals surface area contributed by atoms with Gasteiger partial charge in [0.15, 0.2) is 0 Å². The highest BCUT2D eigenvalue weighted by Gasteiger charge is 2.28. The molecule has 0 unspecified atom stereocenters. The molecular formula is C10H18N6S. The molecule has 0 saturated carbocycles. The van der Waals surface area contributed by atoms with Crippen LogP contribution in [0.25, 0.3) is 0 Å². The van der Waals surface area contributed by atoms with Crippen molar-refractivity contribution in [3.8, 4) is 0 Å². The molecule has 2 rings (SSSR count). The van der Waals surface area contributed by atoms with E-state index in [1.807, 2.05) is 17.8 Å². The lowest BCUT2D eigenvalue weighted by molar-refractivity contribution is 0.642. The van der Waals surface area contributed by atoms with Gasteiger partial charge in [0.2, 0.25) is 5.95 Å². The minimum Gasteiger partial charge on any atom is -0.368 e. The average Bonchev–Trinajstić information content (AvgIpc) is 2.27. The molecule has 1 aliphatic rings. The summed E-state index contributed by atoms with van der Waals surface area (Å²) in [4.78, 5) is 10.5. The molecule has 1 aromatic heterocycles. The number of rotatable bonds is 2. The first-order valence-corrected chi connectivity index (χ1v) is 6.49. The minimum atomic E-state index is 0.230. The van der Waals surface area contributed by atoms with Crippen LogP contribution < -0.4 is 21.9 Å². The first kappa shape index (κ1) is 12.3. The monoisotopic (exact) mass is 254 g/mol. The van der Waals surface area contributed by atoms with Crippen LogP contribution in [0.4, 0.5) is 17.6 Å². The molecule has 0 bridgehead atoms. The standard InChI is InChI=1S/C10H18N6S/c1-10(2)6-16(3-4-17-10)8-5-7(15-12)13-9(11)14-8/h5H,3-4,6,12H2,1-2H3,(H3,11,13,14,15). The maximum absolute atomic E-state index is 5.66. The molecule has 6 nitrogen and oxygen atoms in total. The molecule has 1 aromatic rings. The molecule has 7 heteroatoms. The van der Waals surface area contributed by atoms with Crippen molar-refractivity contribution in [3.63, 3.8) is 0 Å². The van der Waals surface area contributed by atoms with Crippen molar-refractivity contribution >= 4 is 29.3 Å². The lowest BCUT2D eigenvalue weighted by Gasteiger charge is -2.38. The Balaban J connectivity index is 2.24. The molecule has 2 heterocycles. The number of hydrazine groups is 1. The summed E-state index contributed by atoms with van der Waals surface area (Å²) in [7, 11) is 0. The van der Waals surface area contributed by atoms with Crippen molar-refractivity contribution in [3.05, 3.63) is 6.07 Å². The Kier molecular flexibility index (Phi) is 3.30. The van der Waals surface area contributed by atoms with Crippen molar-refractivity contribution in [2.75, 3.05) is 34.9 Å². The Bertz CT molecular complexity index is 408. The average molecular weight is 254 g/mol. The molecule has 1 saturated heterocycles. The van der Waals surface area contributed by atoms with Crippen LogP contribution >= 0.6 is 11.8 Å². The highest BCUT2D eigenvalue weighted by Crippen LogP contribution is 2.32. The van der Waals surface area contributed by atoms with Crippen LogP contribution in [-0.2, 0) is 0 Å². The highest BCUT2D eigenvalue weighted by molar-refractivity contribution is 8.00. The summed E-state index contributed by atoms with van der Waals surface area (Å²) in [6.07, 6.45) is 0. The van der Waals surface area contributed by atoms with Gasteiger partial charge in [-0.1, -0.05) is 0 Å². The van der Waals surface area contributed by atoms with Crippen molar-refractivity contribution in [2.24, 2.45) is 5.84 Å². The second-order valence-corrected chi connectivity index (χ2v) is 6.45. The Hall–Kier alpha value is -1.21. The molecule has 5 N–H and O–H groups in total. The van der Waals surface area contributed by atoms with Crippen molar-refractivity contribution < 1.29 is 0 Å². The van der Waals surface area contributed by atoms with Crippen LogP contribution in [0, 0.1) is 0 Å². The molecule has 0 atom stereocenters. The van der Waals surface area contributed by atoms with E-state index < -0.39 is 0 Å². The number of nitrogens with two attached hydrogens (primary N) is 2. The number of nitrogens with zero attached hydrogens (tertiary/aromatic N) is 3. The third kappa shape index (κ3) is 2.92. The molecule has 94 valence electrons. The minimum absolute atomic E-state index is 0.230. The predicted molar refractivity (Wildman–Crippen MR) is 73.0 cm³/mol. The third-order valence-corrected chi connectivity index (χ3v) is 3.92. The fourth-order valence-corrected chi connectivity index (χ4v) is 3.01. The van der Waals surface area contributed by atoms with Gasteiger partial charge < -0.3 is 16.1 Å². The molecule has 0 spiro atoms. The second-order valence-electron chi connectivity index (χ2n) is 4.64. The topological polar surface area (TPSA) is 93.1 Å². The van der Waals surface area contributed by atoms with Crippen LogP contribution in [0.1, 0.15) is 13.8 Å². The van der Waals surface area contributed by atoms with Gasteiger partial charge in [0, 0.05) is 29.7 Å². The molecule has 0 amide bonds. The third-order valence-electron chi connectivity index (χ3n) is 2.63. The smallest absolute Gasteiger partial charge is 0.223 e. The summed E-state index contributed by atoms with van der Waals surface area (Å²) >= 11 is 1.98. The second kappa shape index (κ2) is 4.58. The Labute approximate surface area is 105 Å². The first-order chi connectivity index (χ1) is 8.00. The number of aromatic nitrogens is 2. The van der Waals surface area contributed by atoms with Crippen molar-refractivity contribution in [2.45, 2.75) is 18.6 Å². The van der Waals surface area contributed by atoms with Crippen molar-refractivity contribution in [1.82, 2.24) is 9.97 Å². The Morgan fingerprint density at radius 3 is 2.88 bits per heavy atom. The molecule has 0 aromatic carbocycles. The quantitative estimate of drug-likeness (QED) is 0.527. The SMILES string of the molecule is CC1(C)CN(c2cc(NN)nc(N)n2)CCS1. The van der Waals surface area contributed by atoms with Gasteiger partial charge in [0.25, 0.3) is 0 Å². The van der Waals surface area contributed by atoms with Gasteiger partial charge in [-0.2, -0.15) is 21.7 Å². The fourth-order valence-electron chi connectivity index (χ4n) is 1.90. The van der Waals surface area contributed by atoms with E-state index in [1.165, 1.54) is 0 Å². The van der Waals surface area contributed by atoms with E-state index in [0.717, 1.165) is 24.7 Å². The van der Waals surface area contributed by atoms with Gasteiger partial charge >= 0.3 is 0 Å². The molecule has 0 radical (unpaired) electrons. The number of anilines is 3. The maximum Gasteiger partial charge on any atom is 0.223 e. The Morgan fingerprint density at radius 1 is 1.47 bits per heavy atom. The van der Waals surface area contributed by atoms with Gasteiger partial charge in [-0.25, -0.2) is 5.84 Å². The van der Waals surface area contributed by atoms with Crippen molar-refractivity contribution in [1.29, 1.82) is 0 Å². The number of thioether (sulfide) groups is 1. The van der Waals surface area contributed by atoms with Gasteiger partial charge in [-0.15, -0.1) is 0 Å². The van der Waals surface area contributed by atoms with E-state index in [4.69, 9.17) is 11.6 Å². The fraction of sp³-hybridized carbons (Fsp3) is 0.600. The largest absolute Gasteiger partial charge is 0.368 e. The number of hydrogen-bond acceptors (Lipinski definition) is 7. The lowest BCUT2D eigenvalue weighted by Crippen LogP contribution is -2.43. The van der Waals surface area contributed by atoms with Crippen LogP contribution in [0.2, 0.25) is 0 Å². The summed E-state index contributed by atoms with van der Waals surface area (Å²) in [5, 5.41) is 0. The number of hydrogen-bond donors (Lipinski definition) is 3. The zero-order valence-corrected chi connectivity index (χ0v) is 10.9. The summed E-state index contributed by atoms with van der Waals surface area (Å²) in [5.41, 5.74) is 8.16. The summed E-state index contributed by atoms with van der Waals surface area (Å²) in [5.74, 6) is 8.06. The molecule has 17 heavy (non-hydrogen) atoms. The zero-order valence-electron chi connectivity index (χ0n) is 10.1. The van der Waals surface area contributed by atoms with Gasteiger partial charge in [-0.3, -0.25) is 0 Å². The van der Waals surface area contributed by atoms with E-state index in [-0.39, 0.29) is 10.7 Å². The Morgan fingerprint density at radius 2 is 2.24 bits per heavy atom. The van der Waals surface area contributed by atoms with Crippen LogP contribution in [-0.4, -0.2) is 33.6 Å². The maximum atomic E-state index is 5.66. The zero-order chi connectivity index (χ0) is 12.5.